The Morgan fingerprint density at radius 2 is 1.67 bits per heavy atom. The van der Waals surface area contributed by atoms with E-state index in [1.165, 1.54) is 0 Å². The molecule has 0 amide bonds. The van der Waals surface area contributed by atoms with Gasteiger partial charge in [-0.2, -0.15) is 0 Å². The second-order valence-electron chi connectivity index (χ2n) is 8.35. The number of hydrogen-bond acceptors (Lipinski definition) is 7. The predicted octanol–water partition coefficient (Wildman–Crippen LogP) is 4.97. The Bertz CT molecular complexity index is 1250. The molecule has 0 bridgehead atoms. The normalized spacial score (nSPS) is 19.5. The van der Waals surface area contributed by atoms with Crippen LogP contribution in [0.15, 0.2) is 58.3 Å². The minimum Gasteiger partial charge on any atom is -0.496 e. The molecular weight excluding hydrogens is 420 g/mol. The number of allylic oxidation sites excluding steroid dienone is 2. The summed E-state index contributed by atoms with van der Waals surface area (Å²) >= 11 is 0. The second-order valence-corrected chi connectivity index (χ2v) is 8.35. The van der Waals surface area contributed by atoms with Gasteiger partial charge in [0.1, 0.15) is 5.75 Å². The van der Waals surface area contributed by atoms with Gasteiger partial charge in [0.05, 0.1) is 38.5 Å². The van der Waals surface area contributed by atoms with Crippen LogP contribution in [-0.4, -0.2) is 32.3 Å². The number of benzene rings is 2. The number of ketones is 1. The van der Waals surface area contributed by atoms with Gasteiger partial charge in [0, 0.05) is 29.3 Å². The van der Waals surface area contributed by atoms with Crippen LogP contribution in [0.25, 0.3) is 0 Å². The Morgan fingerprint density at radius 3 is 2.36 bits per heavy atom. The largest absolute Gasteiger partial charge is 0.496 e. The van der Waals surface area contributed by atoms with Gasteiger partial charge in [0.25, 0.3) is 0 Å². The molecule has 5 rings (SSSR count). The van der Waals surface area contributed by atoms with Gasteiger partial charge in [-0.25, -0.2) is 0 Å². The van der Waals surface area contributed by atoms with Crippen LogP contribution in [0.1, 0.15) is 47.1 Å². The van der Waals surface area contributed by atoms with E-state index in [0.717, 1.165) is 33.7 Å². The van der Waals surface area contributed by atoms with Gasteiger partial charge in [-0.3, -0.25) is 4.79 Å². The third kappa shape index (κ3) is 3.44. The highest BCUT2D eigenvalue weighted by Gasteiger charge is 2.42. The molecule has 0 saturated carbocycles. The highest BCUT2D eigenvalue weighted by Crippen LogP contribution is 2.52. The number of hydrogen-bond donors (Lipinski definition) is 1. The molecule has 0 spiro atoms. The minimum absolute atomic E-state index is 0.100. The lowest BCUT2D eigenvalue weighted by molar-refractivity contribution is -0.116. The molecule has 2 heterocycles. The van der Waals surface area contributed by atoms with Crippen molar-refractivity contribution in [1.82, 2.24) is 5.16 Å². The molecule has 2 aromatic carbocycles. The molecule has 2 aliphatic rings. The molecule has 1 N–H and O–H groups in total. The van der Waals surface area contributed by atoms with Crippen molar-refractivity contribution < 1.29 is 23.5 Å². The molecule has 3 aromatic rings. The summed E-state index contributed by atoms with van der Waals surface area (Å²) in [5, 5.41) is 7.56. The van der Waals surface area contributed by atoms with Crippen molar-refractivity contribution in [2.75, 3.05) is 26.6 Å². The maximum atomic E-state index is 13.7. The number of aryl methyl sites for hydroxylation is 1. The first-order valence-corrected chi connectivity index (χ1v) is 10.9. The lowest BCUT2D eigenvalue weighted by Gasteiger charge is -2.35. The van der Waals surface area contributed by atoms with Crippen molar-refractivity contribution in [3.05, 3.63) is 76.1 Å². The summed E-state index contributed by atoms with van der Waals surface area (Å²) in [4.78, 5) is 13.7. The van der Waals surface area contributed by atoms with E-state index in [9.17, 15) is 4.79 Å². The standard InChI is InChI=1S/C26H26N2O5/c1-14-23-24(17-12-21(31-3)22(32-4)13-20(17)30-2)25-18(27-26(23)33-28-14)10-16(11-19(25)29)15-8-6-5-7-9-15/h5-9,12-13,16,24,27H,10-11H2,1-4H3/t16-,24-/m0/s1. The summed E-state index contributed by atoms with van der Waals surface area (Å²) in [6.07, 6.45) is 1.15. The van der Waals surface area contributed by atoms with E-state index < -0.39 is 0 Å². The molecule has 7 heteroatoms. The van der Waals surface area contributed by atoms with E-state index in [2.05, 4.69) is 22.6 Å². The quantitative estimate of drug-likeness (QED) is 0.593. The van der Waals surface area contributed by atoms with Gasteiger partial charge in [0.2, 0.25) is 5.88 Å². The van der Waals surface area contributed by atoms with Gasteiger partial charge in [-0.1, -0.05) is 35.5 Å². The van der Waals surface area contributed by atoms with E-state index in [1.807, 2.05) is 31.2 Å². The number of carbonyl (C=O) groups excluding carboxylic acids is 1. The first-order valence-electron chi connectivity index (χ1n) is 10.9. The van der Waals surface area contributed by atoms with Crippen LogP contribution in [0, 0.1) is 6.92 Å². The van der Waals surface area contributed by atoms with Crippen LogP contribution >= 0.6 is 0 Å². The molecule has 0 radical (unpaired) electrons. The lowest BCUT2D eigenvalue weighted by Crippen LogP contribution is -2.29. The zero-order valence-corrected chi connectivity index (χ0v) is 19.1. The van der Waals surface area contributed by atoms with Crippen LogP contribution in [0.3, 0.4) is 0 Å². The van der Waals surface area contributed by atoms with Crippen LogP contribution in [0.5, 0.6) is 17.2 Å². The third-order valence-electron chi connectivity index (χ3n) is 6.58. The maximum Gasteiger partial charge on any atom is 0.233 e. The van der Waals surface area contributed by atoms with Gasteiger partial charge >= 0.3 is 0 Å². The van der Waals surface area contributed by atoms with Gasteiger partial charge in [-0.15, -0.1) is 0 Å². The van der Waals surface area contributed by atoms with E-state index in [4.69, 9.17) is 18.7 Å². The summed E-state index contributed by atoms with van der Waals surface area (Å²) in [7, 11) is 4.78. The first kappa shape index (κ1) is 21.1. The van der Waals surface area contributed by atoms with E-state index in [1.54, 1.807) is 27.4 Å². The molecule has 1 aromatic heterocycles. The van der Waals surface area contributed by atoms with Gasteiger partial charge in [0.15, 0.2) is 17.3 Å². The fourth-order valence-electron chi connectivity index (χ4n) is 5.02. The summed E-state index contributed by atoms with van der Waals surface area (Å²) in [6.45, 7) is 1.88. The second kappa shape index (κ2) is 8.31. The Hall–Kier alpha value is -3.74. The average molecular weight is 447 g/mol. The third-order valence-corrected chi connectivity index (χ3v) is 6.58. The van der Waals surface area contributed by atoms with Crippen molar-refractivity contribution in [3.8, 4) is 17.2 Å². The molecule has 1 aliphatic carbocycles. The fourth-order valence-corrected chi connectivity index (χ4v) is 5.02. The molecule has 33 heavy (non-hydrogen) atoms. The number of nitrogens with one attached hydrogen (secondary N) is 1. The molecular formula is C26H26N2O5. The van der Waals surface area contributed by atoms with Crippen LogP contribution < -0.4 is 19.5 Å². The monoisotopic (exact) mass is 446 g/mol. The number of ether oxygens (including phenoxy) is 3. The molecule has 1 aliphatic heterocycles. The van der Waals surface area contributed by atoms with E-state index in [-0.39, 0.29) is 17.6 Å². The Balaban J connectivity index is 1.69. The highest BCUT2D eigenvalue weighted by molar-refractivity contribution is 6.01. The van der Waals surface area contributed by atoms with Crippen molar-refractivity contribution in [2.45, 2.75) is 31.6 Å². The van der Waals surface area contributed by atoms with Crippen LogP contribution in [0.4, 0.5) is 5.88 Å². The van der Waals surface area contributed by atoms with Crippen molar-refractivity contribution in [3.63, 3.8) is 0 Å². The summed E-state index contributed by atoms with van der Waals surface area (Å²) < 4.78 is 22.4. The number of methoxy groups -OCH3 is 3. The SMILES string of the molecule is COc1cc(OC)c([C@@H]2C3=C(C[C@H](c4ccccc4)CC3=O)Nc3onc(C)c32)cc1OC. The fraction of sp³-hybridized carbons (Fsp3) is 0.308. The maximum absolute atomic E-state index is 13.7. The summed E-state index contributed by atoms with van der Waals surface area (Å²) in [5.41, 5.74) is 5.12. The number of Topliss-reactive ketones (excluding diaryl/α,β-unsaturated/α-hetero) is 1. The summed E-state index contributed by atoms with van der Waals surface area (Å²) in [6, 6.07) is 13.8. The topological polar surface area (TPSA) is 82.8 Å². The molecule has 0 fully saturated rings. The Labute approximate surface area is 192 Å². The van der Waals surface area contributed by atoms with Gasteiger partial charge in [-0.05, 0) is 30.9 Å². The van der Waals surface area contributed by atoms with Crippen molar-refractivity contribution in [2.24, 2.45) is 0 Å². The molecule has 7 nitrogen and oxygen atoms in total. The van der Waals surface area contributed by atoms with E-state index >= 15 is 0 Å². The zero-order valence-electron chi connectivity index (χ0n) is 19.1. The number of nitrogens with zero attached hydrogens (tertiary/aromatic N) is 1. The highest BCUT2D eigenvalue weighted by atomic mass is 16.5. The zero-order chi connectivity index (χ0) is 23.1. The van der Waals surface area contributed by atoms with Crippen molar-refractivity contribution in [1.29, 1.82) is 0 Å². The number of rotatable bonds is 5. The van der Waals surface area contributed by atoms with Crippen molar-refractivity contribution >= 4 is 11.7 Å². The Morgan fingerprint density at radius 1 is 0.970 bits per heavy atom. The molecule has 0 saturated heterocycles. The minimum atomic E-state index is -0.388. The summed E-state index contributed by atoms with van der Waals surface area (Å²) in [5.74, 6) is 2.11. The van der Waals surface area contributed by atoms with Crippen LogP contribution in [0.2, 0.25) is 0 Å². The molecule has 170 valence electrons. The number of aromatic nitrogens is 1. The smallest absolute Gasteiger partial charge is 0.233 e. The van der Waals surface area contributed by atoms with Crippen LogP contribution in [-0.2, 0) is 4.79 Å². The number of anilines is 1. The lowest BCUT2D eigenvalue weighted by atomic mass is 9.72. The molecule has 0 unspecified atom stereocenters. The Kier molecular flexibility index (Phi) is 5.32. The number of carbonyl (C=O) groups is 1. The number of fused-ring (bicyclic) bond motifs is 1. The predicted molar refractivity (Wildman–Crippen MR) is 123 cm³/mol. The van der Waals surface area contributed by atoms with E-state index in [0.29, 0.717) is 36.0 Å². The molecule has 2 atom stereocenters. The average Bonchev–Trinajstić information content (AvgIpc) is 3.22. The van der Waals surface area contributed by atoms with Gasteiger partial charge < -0.3 is 24.1 Å². The first-order chi connectivity index (χ1) is 16.0.